The van der Waals surface area contributed by atoms with Gasteiger partial charge >= 0.3 is 0 Å². The number of nitrogens with one attached hydrogen (secondary N) is 1. The largest absolute Gasteiger partial charge is 0.322 e. The van der Waals surface area contributed by atoms with Crippen LogP contribution in [0.15, 0.2) is 72.8 Å². The number of carbonyl (C=O) groups is 2. The van der Waals surface area contributed by atoms with Gasteiger partial charge < -0.3 is 10.2 Å². The van der Waals surface area contributed by atoms with Crippen LogP contribution in [0.5, 0.6) is 0 Å². The van der Waals surface area contributed by atoms with Crippen molar-refractivity contribution in [1.82, 2.24) is 0 Å². The van der Waals surface area contributed by atoms with Gasteiger partial charge in [0.2, 0.25) is 0 Å². The standard InChI is InChI=1S/C22H18Cl2N2O2/c1-2-26(18-6-4-3-5-7-18)22(28)15-8-11-17(12-9-15)25-21(27)19-13-10-16(23)14-20(19)24/h3-14H,2H2,1H3,(H,25,27). The van der Waals surface area contributed by atoms with E-state index < -0.39 is 0 Å². The molecule has 0 unspecified atom stereocenters. The second-order valence-electron chi connectivity index (χ2n) is 6.04. The number of hydrogen-bond acceptors (Lipinski definition) is 2. The average molecular weight is 413 g/mol. The minimum Gasteiger partial charge on any atom is -0.322 e. The maximum absolute atomic E-state index is 12.8. The number of rotatable bonds is 5. The van der Waals surface area contributed by atoms with Gasteiger partial charge in [-0.3, -0.25) is 9.59 Å². The minimum atomic E-state index is -0.347. The summed E-state index contributed by atoms with van der Waals surface area (Å²) in [5, 5.41) is 3.51. The summed E-state index contributed by atoms with van der Waals surface area (Å²) in [7, 11) is 0. The van der Waals surface area contributed by atoms with Crippen LogP contribution < -0.4 is 10.2 Å². The molecule has 28 heavy (non-hydrogen) atoms. The van der Waals surface area contributed by atoms with Crippen molar-refractivity contribution in [2.75, 3.05) is 16.8 Å². The third kappa shape index (κ3) is 4.53. The van der Waals surface area contributed by atoms with Gasteiger partial charge in [-0.1, -0.05) is 41.4 Å². The van der Waals surface area contributed by atoms with Gasteiger partial charge in [0.25, 0.3) is 11.8 Å². The van der Waals surface area contributed by atoms with Crippen molar-refractivity contribution in [3.63, 3.8) is 0 Å². The fourth-order valence-corrected chi connectivity index (χ4v) is 3.27. The third-order valence-corrected chi connectivity index (χ3v) is 4.74. The molecule has 0 heterocycles. The van der Waals surface area contributed by atoms with E-state index in [4.69, 9.17) is 23.2 Å². The molecule has 0 aliphatic rings. The van der Waals surface area contributed by atoms with Gasteiger partial charge in [-0.25, -0.2) is 0 Å². The summed E-state index contributed by atoms with van der Waals surface area (Å²) in [6.45, 7) is 2.48. The van der Waals surface area contributed by atoms with Crippen molar-refractivity contribution in [2.24, 2.45) is 0 Å². The Labute approximate surface area is 173 Å². The number of halogens is 2. The van der Waals surface area contributed by atoms with Crippen molar-refractivity contribution in [2.45, 2.75) is 6.92 Å². The van der Waals surface area contributed by atoms with Crippen molar-refractivity contribution in [3.8, 4) is 0 Å². The molecule has 142 valence electrons. The van der Waals surface area contributed by atoms with Crippen molar-refractivity contribution in [3.05, 3.63) is 94.0 Å². The van der Waals surface area contributed by atoms with E-state index in [1.54, 1.807) is 41.3 Å². The molecule has 3 aromatic rings. The van der Waals surface area contributed by atoms with E-state index in [-0.39, 0.29) is 16.8 Å². The topological polar surface area (TPSA) is 49.4 Å². The lowest BCUT2D eigenvalue weighted by Crippen LogP contribution is -2.30. The molecule has 1 N–H and O–H groups in total. The van der Waals surface area contributed by atoms with Crippen molar-refractivity contribution in [1.29, 1.82) is 0 Å². The number of benzene rings is 3. The van der Waals surface area contributed by atoms with Crippen molar-refractivity contribution >= 4 is 46.4 Å². The summed E-state index contributed by atoms with van der Waals surface area (Å²) in [5.41, 5.74) is 2.26. The fraction of sp³-hybridized carbons (Fsp3) is 0.0909. The lowest BCUT2D eigenvalue weighted by molar-refractivity contribution is 0.0987. The van der Waals surface area contributed by atoms with E-state index in [9.17, 15) is 9.59 Å². The molecule has 3 aromatic carbocycles. The second-order valence-corrected chi connectivity index (χ2v) is 6.88. The normalized spacial score (nSPS) is 10.4. The molecule has 6 heteroatoms. The van der Waals surface area contributed by atoms with E-state index in [0.717, 1.165) is 5.69 Å². The Morgan fingerprint density at radius 1 is 0.929 bits per heavy atom. The first kappa shape index (κ1) is 19.9. The van der Waals surface area contributed by atoms with E-state index >= 15 is 0 Å². The van der Waals surface area contributed by atoms with E-state index in [0.29, 0.717) is 28.4 Å². The van der Waals surface area contributed by atoms with Gasteiger partial charge in [-0.05, 0) is 61.5 Å². The van der Waals surface area contributed by atoms with Crippen LogP contribution >= 0.6 is 23.2 Å². The van der Waals surface area contributed by atoms with Gasteiger partial charge in [0.05, 0.1) is 10.6 Å². The maximum atomic E-state index is 12.8. The smallest absolute Gasteiger partial charge is 0.258 e. The first-order chi connectivity index (χ1) is 13.5. The molecule has 0 saturated carbocycles. The highest BCUT2D eigenvalue weighted by Gasteiger charge is 2.16. The zero-order valence-electron chi connectivity index (χ0n) is 15.2. The Hall–Kier alpha value is -2.82. The zero-order chi connectivity index (χ0) is 20.1. The molecule has 0 bridgehead atoms. The molecule has 4 nitrogen and oxygen atoms in total. The van der Waals surface area contributed by atoms with Gasteiger partial charge in [0.1, 0.15) is 0 Å². The highest BCUT2D eigenvalue weighted by atomic mass is 35.5. The lowest BCUT2D eigenvalue weighted by atomic mass is 10.1. The number of nitrogens with zero attached hydrogens (tertiary/aromatic N) is 1. The Morgan fingerprint density at radius 2 is 1.61 bits per heavy atom. The quantitative estimate of drug-likeness (QED) is 0.565. The Bertz CT molecular complexity index is 989. The van der Waals surface area contributed by atoms with E-state index in [1.807, 2.05) is 37.3 Å². The summed E-state index contributed by atoms with van der Waals surface area (Å²) in [6.07, 6.45) is 0. The second kappa shape index (κ2) is 8.91. The maximum Gasteiger partial charge on any atom is 0.258 e. The number of carbonyl (C=O) groups excluding carboxylic acids is 2. The molecule has 3 rings (SSSR count). The van der Waals surface area contributed by atoms with Gasteiger partial charge in [0, 0.05) is 28.5 Å². The van der Waals surface area contributed by atoms with Gasteiger partial charge in [-0.2, -0.15) is 0 Å². The van der Waals surface area contributed by atoms with Crippen LogP contribution in [0.4, 0.5) is 11.4 Å². The summed E-state index contributed by atoms with van der Waals surface area (Å²) < 4.78 is 0. The third-order valence-electron chi connectivity index (χ3n) is 4.19. The zero-order valence-corrected chi connectivity index (χ0v) is 16.7. The number of amides is 2. The fourth-order valence-electron chi connectivity index (χ4n) is 2.78. The van der Waals surface area contributed by atoms with E-state index in [2.05, 4.69) is 5.32 Å². The SMILES string of the molecule is CCN(C(=O)c1ccc(NC(=O)c2ccc(Cl)cc2Cl)cc1)c1ccccc1. The first-order valence-electron chi connectivity index (χ1n) is 8.73. The summed E-state index contributed by atoms with van der Waals surface area (Å²) >= 11 is 11.9. The van der Waals surface area contributed by atoms with Crippen molar-refractivity contribution < 1.29 is 9.59 Å². The van der Waals surface area contributed by atoms with Crippen LogP contribution in [0, 0.1) is 0 Å². The first-order valence-corrected chi connectivity index (χ1v) is 9.48. The van der Waals surface area contributed by atoms with Crippen LogP contribution in [-0.2, 0) is 0 Å². The van der Waals surface area contributed by atoms with E-state index in [1.165, 1.54) is 6.07 Å². The highest BCUT2D eigenvalue weighted by molar-refractivity contribution is 6.37. The van der Waals surface area contributed by atoms with Gasteiger partial charge in [0.15, 0.2) is 0 Å². The minimum absolute atomic E-state index is 0.104. The molecule has 0 aromatic heterocycles. The Morgan fingerprint density at radius 3 is 2.21 bits per heavy atom. The highest BCUT2D eigenvalue weighted by Crippen LogP contribution is 2.23. The predicted molar refractivity (Wildman–Crippen MR) is 115 cm³/mol. The number of para-hydroxylation sites is 1. The van der Waals surface area contributed by atoms with Crippen LogP contribution in [0.25, 0.3) is 0 Å². The Kier molecular flexibility index (Phi) is 6.34. The molecular formula is C22H18Cl2N2O2. The molecule has 0 atom stereocenters. The average Bonchev–Trinajstić information content (AvgIpc) is 2.69. The molecule has 0 aliphatic heterocycles. The van der Waals surface area contributed by atoms with Crippen LogP contribution in [0.3, 0.4) is 0 Å². The lowest BCUT2D eigenvalue weighted by Gasteiger charge is -2.21. The van der Waals surface area contributed by atoms with Crippen LogP contribution in [0.1, 0.15) is 27.6 Å². The summed E-state index contributed by atoms with van der Waals surface area (Å²) in [5.74, 6) is -0.451. The molecule has 0 saturated heterocycles. The predicted octanol–water partition coefficient (Wildman–Crippen LogP) is 5.91. The molecule has 0 aliphatic carbocycles. The van der Waals surface area contributed by atoms with Crippen LogP contribution in [-0.4, -0.2) is 18.4 Å². The number of anilines is 2. The monoisotopic (exact) mass is 412 g/mol. The summed E-state index contributed by atoms with van der Waals surface area (Å²) in [6, 6.07) is 20.9. The van der Waals surface area contributed by atoms with Gasteiger partial charge in [-0.15, -0.1) is 0 Å². The molecule has 0 fully saturated rings. The molecule has 0 radical (unpaired) electrons. The number of hydrogen-bond donors (Lipinski definition) is 1. The van der Waals surface area contributed by atoms with Crippen LogP contribution in [0.2, 0.25) is 10.0 Å². The Balaban J connectivity index is 1.74. The molecular weight excluding hydrogens is 395 g/mol. The molecule has 0 spiro atoms. The summed E-state index contributed by atoms with van der Waals surface area (Å²) in [4.78, 5) is 26.9. The molecule has 2 amide bonds.